The van der Waals surface area contributed by atoms with Crippen molar-refractivity contribution in [1.82, 2.24) is 0 Å². The predicted octanol–water partition coefficient (Wildman–Crippen LogP) is 4.37. The zero-order valence-corrected chi connectivity index (χ0v) is 12.5. The van der Waals surface area contributed by atoms with E-state index in [0.29, 0.717) is 11.6 Å². The van der Waals surface area contributed by atoms with Gasteiger partial charge in [0, 0.05) is 6.54 Å². The summed E-state index contributed by atoms with van der Waals surface area (Å²) in [4.78, 5) is 15.0. The molecule has 0 atom stereocenters. The summed E-state index contributed by atoms with van der Waals surface area (Å²) in [5.41, 5.74) is 1.92. The summed E-state index contributed by atoms with van der Waals surface area (Å²) < 4.78 is 1.00. The topological polar surface area (TPSA) is 20.3 Å². The molecule has 0 saturated heterocycles. The minimum Gasteiger partial charge on any atom is -0.306 e. The second kappa shape index (κ2) is 4.68. The van der Waals surface area contributed by atoms with E-state index in [0.717, 1.165) is 26.3 Å². The second-order valence-electron chi connectivity index (χ2n) is 4.06. The van der Waals surface area contributed by atoms with Gasteiger partial charge in [0.15, 0.2) is 0 Å². The molecule has 1 aliphatic heterocycles. The molecule has 1 amide bonds. The third kappa shape index (κ3) is 1.98. The van der Waals surface area contributed by atoms with Crippen molar-refractivity contribution in [2.45, 2.75) is 6.42 Å². The maximum Gasteiger partial charge on any atom is 0.268 e. The lowest BCUT2D eigenvalue weighted by atomic mass is 10.1. The highest BCUT2D eigenvalue weighted by molar-refractivity contribution is 9.11. The van der Waals surface area contributed by atoms with Gasteiger partial charge in [-0.2, -0.15) is 0 Å². The Bertz CT molecular complexity index is 625. The van der Waals surface area contributed by atoms with E-state index in [2.05, 4.69) is 15.9 Å². The lowest BCUT2D eigenvalue weighted by molar-refractivity contribution is 0.0985. The summed E-state index contributed by atoms with van der Waals surface area (Å²) in [6.45, 7) is 0.679. The van der Waals surface area contributed by atoms with Crippen LogP contribution in [0.15, 0.2) is 34.1 Å². The van der Waals surface area contributed by atoms with Crippen LogP contribution < -0.4 is 4.90 Å². The van der Waals surface area contributed by atoms with E-state index in [9.17, 15) is 4.79 Å². The van der Waals surface area contributed by atoms with Gasteiger partial charge in [-0.25, -0.2) is 0 Å². The molecule has 0 aliphatic carbocycles. The first-order valence-electron chi connectivity index (χ1n) is 5.51. The number of benzene rings is 1. The van der Waals surface area contributed by atoms with Gasteiger partial charge in [0.25, 0.3) is 5.91 Å². The Labute approximate surface area is 122 Å². The average Bonchev–Trinajstić information content (AvgIpc) is 2.73. The molecule has 0 saturated carbocycles. The average molecular weight is 343 g/mol. The van der Waals surface area contributed by atoms with Crippen LogP contribution in [0.3, 0.4) is 0 Å². The molecule has 0 unspecified atom stereocenters. The molecule has 5 heteroatoms. The molecule has 0 N–H and O–H groups in total. The van der Waals surface area contributed by atoms with Gasteiger partial charge >= 0.3 is 0 Å². The Kier molecular flexibility index (Phi) is 3.18. The van der Waals surface area contributed by atoms with Crippen LogP contribution >= 0.6 is 38.9 Å². The Morgan fingerprint density at radius 2 is 2.11 bits per heavy atom. The largest absolute Gasteiger partial charge is 0.306 e. The summed E-state index contributed by atoms with van der Waals surface area (Å²) >= 11 is 11.1. The molecule has 0 fully saturated rings. The maximum absolute atomic E-state index is 12.4. The standard InChI is InChI=1S/C13H9BrClNOS/c14-11-7-8-5-6-16(13(17)12(8)18-11)10-4-2-1-3-9(10)15/h1-4,7H,5-6H2. The van der Waals surface area contributed by atoms with Gasteiger partial charge in [-0.15, -0.1) is 11.3 Å². The molecule has 1 aromatic carbocycles. The summed E-state index contributed by atoms with van der Waals surface area (Å²) in [7, 11) is 0. The number of fused-ring (bicyclic) bond motifs is 1. The van der Waals surface area contributed by atoms with Crippen molar-refractivity contribution in [2.24, 2.45) is 0 Å². The quantitative estimate of drug-likeness (QED) is 0.753. The molecule has 2 aromatic rings. The number of hydrogen-bond donors (Lipinski definition) is 0. The Morgan fingerprint density at radius 3 is 2.89 bits per heavy atom. The maximum atomic E-state index is 12.4. The lowest BCUT2D eigenvalue weighted by Gasteiger charge is -2.27. The van der Waals surface area contributed by atoms with E-state index in [-0.39, 0.29) is 5.91 Å². The number of para-hydroxylation sites is 1. The van der Waals surface area contributed by atoms with Crippen LogP contribution in [0.25, 0.3) is 0 Å². The minimum absolute atomic E-state index is 0.0417. The van der Waals surface area contributed by atoms with Crippen molar-refractivity contribution in [1.29, 1.82) is 0 Å². The lowest BCUT2D eigenvalue weighted by Crippen LogP contribution is -2.36. The molecule has 2 nitrogen and oxygen atoms in total. The molecular formula is C13H9BrClNOS. The van der Waals surface area contributed by atoms with Gasteiger partial charge < -0.3 is 4.90 Å². The summed E-state index contributed by atoms with van der Waals surface area (Å²) in [6.07, 6.45) is 0.869. The predicted molar refractivity (Wildman–Crippen MR) is 78.9 cm³/mol. The van der Waals surface area contributed by atoms with E-state index in [1.165, 1.54) is 11.3 Å². The smallest absolute Gasteiger partial charge is 0.268 e. The Morgan fingerprint density at radius 1 is 1.33 bits per heavy atom. The van der Waals surface area contributed by atoms with Gasteiger partial charge in [-0.3, -0.25) is 4.79 Å². The van der Waals surface area contributed by atoms with Gasteiger partial charge in [0.2, 0.25) is 0 Å². The second-order valence-corrected chi connectivity index (χ2v) is 6.90. The summed E-state index contributed by atoms with van der Waals surface area (Å²) in [5.74, 6) is 0.0417. The number of rotatable bonds is 1. The number of halogens is 2. The summed E-state index contributed by atoms with van der Waals surface area (Å²) in [5, 5.41) is 0.616. The first kappa shape index (κ1) is 12.2. The zero-order valence-electron chi connectivity index (χ0n) is 9.32. The highest BCUT2D eigenvalue weighted by Crippen LogP contribution is 2.35. The van der Waals surface area contributed by atoms with Crippen LogP contribution in [-0.4, -0.2) is 12.5 Å². The minimum atomic E-state index is 0.0417. The molecule has 0 spiro atoms. The molecular weight excluding hydrogens is 334 g/mol. The Balaban J connectivity index is 2.03. The molecule has 0 radical (unpaired) electrons. The Hall–Kier alpha value is -0.840. The van der Waals surface area contributed by atoms with Gasteiger partial charge in [-0.1, -0.05) is 23.7 Å². The first-order chi connectivity index (χ1) is 8.66. The zero-order chi connectivity index (χ0) is 12.7. The molecule has 0 bridgehead atoms. The van der Waals surface area contributed by atoms with Crippen LogP contribution in [0, 0.1) is 0 Å². The number of anilines is 1. The molecule has 92 valence electrons. The van der Waals surface area contributed by atoms with Crippen molar-refractivity contribution in [3.05, 3.63) is 49.6 Å². The van der Waals surface area contributed by atoms with E-state index < -0.39 is 0 Å². The number of nitrogens with zero attached hydrogens (tertiary/aromatic N) is 1. The van der Waals surface area contributed by atoms with E-state index in [1.807, 2.05) is 30.3 Å². The monoisotopic (exact) mass is 341 g/mol. The third-order valence-corrected chi connectivity index (χ3v) is 4.95. The van der Waals surface area contributed by atoms with Crippen molar-refractivity contribution in [3.8, 4) is 0 Å². The fraction of sp³-hybridized carbons (Fsp3) is 0.154. The molecule has 1 aromatic heterocycles. The van der Waals surface area contributed by atoms with Crippen molar-refractivity contribution in [3.63, 3.8) is 0 Å². The molecule has 2 heterocycles. The SMILES string of the molecule is O=C1c2sc(Br)cc2CCN1c1ccccc1Cl. The molecule has 3 rings (SSSR count). The van der Waals surface area contributed by atoms with Crippen LogP contribution in [0.4, 0.5) is 5.69 Å². The van der Waals surface area contributed by atoms with Crippen LogP contribution in [0.1, 0.15) is 15.2 Å². The van der Waals surface area contributed by atoms with Crippen molar-refractivity contribution < 1.29 is 4.79 Å². The van der Waals surface area contributed by atoms with Crippen LogP contribution in [-0.2, 0) is 6.42 Å². The van der Waals surface area contributed by atoms with Crippen molar-refractivity contribution in [2.75, 3.05) is 11.4 Å². The van der Waals surface area contributed by atoms with Crippen molar-refractivity contribution >= 4 is 50.5 Å². The normalized spacial score (nSPS) is 14.8. The fourth-order valence-corrected chi connectivity index (χ4v) is 4.00. The number of thiophene rings is 1. The highest BCUT2D eigenvalue weighted by atomic mass is 79.9. The number of carbonyl (C=O) groups excluding carboxylic acids is 1. The van der Waals surface area contributed by atoms with Gasteiger partial charge in [0.1, 0.15) is 0 Å². The molecule has 18 heavy (non-hydrogen) atoms. The first-order valence-corrected chi connectivity index (χ1v) is 7.50. The molecule has 1 aliphatic rings. The fourth-order valence-electron chi connectivity index (χ4n) is 2.12. The van der Waals surface area contributed by atoms with E-state index in [1.54, 1.807) is 4.90 Å². The van der Waals surface area contributed by atoms with Crippen LogP contribution in [0.2, 0.25) is 5.02 Å². The number of carbonyl (C=O) groups is 1. The summed E-state index contributed by atoms with van der Waals surface area (Å²) in [6, 6.07) is 9.49. The number of hydrogen-bond acceptors (Lipinski definition) is 2. The van der Waals surface area contributed by atoms with Gasteiger partial charge in [-0.05, 0) is 46.1 Å². The van der Waals surface area contributed by atoms with E-state index >= 15 is 0 Å². The van der Waals surface area contributed by atoms with E-state index in [4.69, 9.17) is 11.6 Å². The van der Waals surface area contributed by atoms with Crippen LogP contribution in [0.5, 0.6) is 0 Å². The third-order valence-electron chi connectivity index (χ3n) is 2.97. The number of amides is 1. The van der Waals surface area contributed by atoms with Gasteiger partial charge in [0.05, 0.1) is 19.4 Å². The highest BCUT2D eigenvalue weighted by Gasteiger charge is 2.28.